The summed E-state index contributed by atoms with van der Waals surface area (Å²) in [5.41, 5.74) is 1.84. The van der Waals surface area contributed by atoms with Crippen LogP contribution in [0, 0.1) is 0 Å². The van der Waals surface area contributed by atoms with Gasteiger partial charge >= 0.3 is 0 Å². The van der Waals surface area contributed by atoms with Crippen molar-refractivity contribution in [3.05, 3.63) is 48.5 Å². The maximum Gasteiger partial charge on any atom is 0.233 e. The number of benzene rings is 2. The van der Waals surface area contributed by atoms with Crippen LogP contribution in [0.25, 0.3) is 0 Å². The van der Waals surface area contributed by atoms with Crippen LogP contribution in [0.2, 0.25) is 0 Å². The van der Waals surface area contributed by atoms with E-state index in [-0.39, 0.29) is 0 Å². The molecule has 0 aliphatic rings. The van der Waals surface area contributed by atoms with Crippen molar-refractivity contribution >= 4 is 47.1 Å². The quantitative estimate of drug-likeness (QED) is 0.0311. The summed E-state index contributed by atoms with van der Waals surface area (Å²) < 4.78 is 12.4. The zero-order valence-corrected chi connectivity index (χ0v) is 59.5. The summed E-state index contributed by atoms with van der Waals surface area (Å²) in [6, 6.07) is 16.5. The highest BCUT2D eigenvalue weighted by Crippen LogP contribution is 2.26. The third-order valence-corrected chi connectivity index (χ3v) is 17.6. The molecule has 4 aromatic rings. The second-order valence-electron chi connectivity index (χ2n) is 26.2. The smallest absolute Gasteiger partial charge is 0.233 e. The molecule has 2 heterocycles. The Morgan fingerprint density at radius 2 is 0.505 bits per heavy atom. The number of nitrogens with one attached hydrogen (secondary N) is 4. The summed E-state index contributed by atoms with van der Waals surface area (Å²) in [7, 11) is 0. The maximum atomic E-state index is 6.21. The van der Waals surface area contributed by atoms with Gasteiger partial charge in [0.15, 0.2) is 0 Å². The number of ether oxygens (including phenoxy) is 2. The molecule has 91 heavy (non-hydrogen) atoms. The summed E-state index contributed by atoms with van der Waals surface area (Å²) in [5, 5.41) is 14.3. The molecule has 0 bridgehead atoms. The van der Waals surface area contributed by atoms with Crippen LogP contribution in [0.15, 0.2) is 48.5 Å². The van der Waals surface area contributed by atoms with Gasteiger partial charge in [0, 0.05) is 50.6 Å². The lowest BCUT2D eigenvalue weighted by Crippen LogP contribution is -2.29. The summed E-state index contributed by atoms with van der Waals surface area (Å²) in [5.74, 6) is 5.46. The summed E-state index contributed by atoms with van der Waals surface area (Å²) in [6.07, 6.45) is 56.9. The molecule has 14 heteroatoms. The molecule has 0 saturated heterocycles. The largest absolute Gasteiger partial charge is 0.494 e. The second kappa shape index (κ2) is 55.3. The van der Waals surface area contributed by atoms with Gasteiger partial charge in [-0.25, -0.2) is 0 Å². The minimum absolute atomic E-state index is 0.538. The molecule has 0 fully saturated rings. The lowest BCUT2D eigenvalue weighted by molar-refractivity contribution is 0.304. The monoisotopic (exact) mass is 1260 g/mol. The van der Waals surface area contributed by atoms with Crippen molar-refractivity contribution in [1.82, 2.24) is 29.9 Å². The van der Waals surface area contributed by atoms with E-state index in [1.165, 1.54) is 244 Å². The van der Waals surface area contributed by atoms with Gasteiger partial charge < -0.3 is 40.5 Å². The normalized spacial score (nSPS) is 11.3. The van der Waals surface area contributed by atoms with Gasteiger partial charge in [-0.1, -0.05) is 286 Å². The van der Waals surface area contributed by atoms with Crippen LogP contribution in [0.5, 0.6) is 11.5 Å². The van der Waals surface area contributed by atoms with Crippen molar-refractivity contribution < 1.29 is 9.47 Å². The van der Waals surface area contributed by atoms with Gasteiger partial charge in [-0.15, -0.1) is 0 Å². The van der Waals surface area contributed by atoms with Crippen molar-refractivity contribution in [3.63, 3.8) is 0 Å². The van der Waals surface area contributed by atoms with E-state index in [9.17, 15) is 0 Å². The minimum Gasteiger partial charge on any atom is -0.494 e. The van der Waals surface area contributed by atoms with Crippen molar-refractivity contribution in [3.8, 4) is 11.5 Å². The van der Waals surface area contributed by atoms with E-state index in [4.69, 9.17) is 39.4 Å². The fourth-order valence-electron chi connectivity index (χ4n) is 11.8. The first-order valence-corrected chi connectivity index (χ1v) is 38.5. The van der Waals surface area contributed by atoms with Crippen molar-refractivity contribution in [2.24, 2.45) is 0 Å². The predicted octanol–water partition coefficient (Wildman–Crippen LogP) is 23.1. The molecule has 2 aromatic heterocycles. The number of nitrogens with zero attached hydrogens (tertiary/aromatic N) is 8. The molecule has 0 radical (unpaired) electrons. The topological polar surface area (TPSA) is 150 Å². The molecule has 0 aliphatic carbocycles. The Hall–Kier alpha value is -5.14. The van der Waals surface area contributed by atoms with Crippen LogP contribution in [-0.2, 0) is 0 Å². The van der Waals surface area contributed by atoms with E-state index in [1.807, 2.05) is 0 Å². The Morgan fingerprint density at radius 3 is 0.780 bits per heavy atom. The van der Waals surface area contributed by atoms with E-state index >= 15 is 0 Å². The van der Waals surface area contributed by atoms with Gasteiger partial charge in [0.2, 0.25) is 35.7 Å². The predicted molar refractivity (Wildman–Crippen MR) is 393 cm³/mol. The molecule has 516 valence electrons. The Morgan fingerprint density at radius 1 is 0.264 bits per heavy atom. The molecular weight excluding hydrogens is 1120 g/mol. The molecule has 14 nitrogen and oxygen atoms in total. The van der Waals surface area contributed by atoms with Crippen molar-refractivity contribution in [2.45, 2.75) is 330 Å². The van der Waals surface area contributed by atoms with E-state index in [2.05, 4.69) is 121 Å². The van der Waals surface area contributed by atoms with Gasteiger partial charge in [-0.05, 0) is 93.5 Å². The number of anilines is 8. The average molecular weight is 1260 g/mol. The summed E-state index contributed by atoms with van der Waals surface area (Å²) >= 11 is 0. The molecular formula is C77H136N12O2. The van der Waals surface area contributed by atoms with Crippen molar-refractivity contribution in [2.75, 3.05) is 83.5 Å². The lowest BCUT2D eigenvalue weighted by atomic mass is 10.1. The molecule has 4 rings (SSSR count). The van der Waals surface area contributed by atoms with Crippen LogP contribution in [-0.4, -0.2) is 82.4 Å². The molecule has 2 aromatic carbocycles. The Kier molecular flexibility index (Phi) is 47.6. The Labute approximate surface area is 557 Å². The number of rotatable bonds is 64. The van der Waals surface area contributed by atoms with Gasteiger partial charge in [0.1, 0.15) is 11.5 Å². The molecule has 0 spiro atoms. The fraction of sp³-hybridized carbons (Fsp3) is 0.766. The number of aromatic nitrogens is 6. The number of unbranched alkanes of at least 4 members (excludes halogenated alkanes) is 38. The SMILES string of the molecule is CCCCCCCCCCCCOc1ccc(Nc2nc(NCCCNc3nc(Nc4ccc(OCCCCCCCCCCCC)cc4)nc(N(CCCCCCCC)CCCCCCCC)n3)nc(N(CCCCCCCC)CCCCCCCC)n2)cc1. The molecule has 0 aliphatic heterocycles. The first-order valence-electron chi connectivity index (χ1n) is 38.5. The molecule has 0 amide bonds. The van der Waals surface area contributed by atoms with E-state index in [1.54, 1.807) is 0 Å². The van der Waals surface area contributed by atoms with Gasteiger partial charge in [-0.2, -0.15) is 29.9 Å². The van der Waals surface area contributed by atoms with Crippen LogP contribution < -0.4 is 40.5 Å². The zero-order valence-electron chi connectivity index (χ0n) is 59.5. The van der Waals surface area contributed by atoms with Crippen LogP contribution in [0.4, 0.5) is 47.1 Å². The van der Waals surface area contributed by atoms with Crippen molar-refractivity contribution in [1.29, 1.82) is 0 Å². The number of hydrogen-bond acceptors (Lipinski definition) is 14. The lowest BCUT2D eigenvalue weighted by Gasteiger charge is -2.24. The first-order chi connectivity index (χ1) is 45.0. The van der Waals surface area contributed by atoms with E-state index < -0.39 is 0 Å². The van der Waals surface area contributed by atoms with Crippen LogP contribution in [0.1, 0.15) is 330 Å². The fourth-order valence-corrected chi connectivity index (χ4v) is 11.8. The summed E-state index contributed by atoms with van der Waals surface area (Å²) in [6.45, 7) is 20.2. The standard InChI is InChI=1S/C77H136N12O2/c1-7-13-19-25-31-33-35-37-43-49-66-90-70-56-52-68(53-57-70)80-74-82-72(84-76(86-74)88(62-45-39-27-21-15-9-3)63-46-40-28-22-16-10-4)78-60-51-61-79-73-83-75(81-69-54-58-71(59-55-69)91-67-50-44-38-36-34-32-26-20-14-8-2)87-77(85-73)89(64-47-41-29-23-17-11-5)65-48-42-30-24-18-12-6/h52-59H,7-51,60-67H2,1-6H3,(H2,78,80,82,84,86)(H2,79,81,83,85,87). The number of hydrogen-bond donors (Lipinski definition) is 4. The van der Waals surface area contributed by atoms with E-state index in [0.717, 1.165) is 119 Å². The van der Waals surface area contributed by atoms with E-state index in [0.29, 0.717) is 36.9 Å². The molecule has 0 atom stereocenters. The Bertz CT molecular complexity index is 2080. The maximum absolute atomic E-state index is 6.21. The highest BCUT2D eigenvalue weighted by Gasteiger charge is 2.17. The Balaban J connectivity index is 1.48. The highest BCUT2D eigenvalue weighted by molar-refractivity contribution is 5.58. The van der Waals surface area contributed by atoms with Gasteiger partial charge in [0.25, 0.3) is 0 Å². The first kappa shape index (κ1) is 78.3. The molecule has 4 N–H and O–H groups in total. The third kappa shape index (κ3) is 39.9. The molecule has 0 saturated carbocycles. The zero-order chi connectivity index (χ0) is 64.5. The van der Waals surface area contributed by atoms with Crippen LogP contribution in [0.3, 0.4) is 0 Å². The minimum atomic E-state index is 0.538. The molecule has 0 unspecified atom stereocenters. The second-order valence-corrected chi connectivity index (χ2v) is 26.2. The van der Waals surface area contributed by atoms with Gasteiger partial charge in [0.05, 0.1) is 13.2 Å². The average Bonchev–Trinajstić information content (AvgIpc) is 1.96. The highest BCUT2D eigenvalue weighted by atomic mass is 16.5. The van der Waals surface area contributed by atoms with Gasteiger partial charge in [-0.3, -0.25) is 0 Å². The summed E-state index contributed by atoms with van der Waals surface area (Å²) in [4.78, 5) is 35.4. The third-order valence-electron chi connectivity index (χ3n) is 17.6. The van der Waals surface area contributed by atoms with Crippen LogP contribution >= 0.6 is 0 Å².